The summed E-state index contributed by atoms with van der Waals surface area (Å²) in [6.07, 6.45) is 9.30. The summed E-state index contributed by atoms with van der Waals surface area (Å²) >= 11 is 5.09. The quantitative estimate of drug-likeness (QED) is 0.463. The number of thiocarbonyl (C=S) groups is 1. The largest absolute Gasteiger partial charge is 0.0846 e. The zero-order valence-electron chi connectivity index (χ0n) is 5.50. The van der Waals surface area contributed by atoms with E-state index in [1.165, 1.54) is 0 Å². The van der Waals surface area contributed by atoms with Crippen molar-refractivity contribution in [3.63, 3.8) is 0 Å². The SMILES string of the molecule is CC1CC=CC=CC1=S. The summed E-state index contributed by atoms with van der Waals surface area (Å²) in [7, 11) is 0. The van der Waals surface area contributed by atoms with Crippen molar-refractivity contribution in [2.75, 3.05) is 0 Å². The van der Waals surface area contributed by atoms with Gasteiger partial charge in [0.25, 0.3) is 0 Å². The topological polar surface area (TPSA) is 0 Å². The second-order valence-corrected chi connectivity index (χ2v) is 2.80. The molecule has 0 spiro atoms. The van der Waals surface area contributed by atoms with E-state index in [0.29, 0.717) is 5.92 Å². The van der Waals surface area contributed by atoms with Gasteiger partial charge in [0, 0.05) is 4.86 Å². The molecule has 1 heteroatoms. The molecule has 1 atom stereocenters. The van der Waals surface area contributed by atoms with E-state index < -0.39 is 0 Å². The van der Waals surface area contributed by atoms with Gasteiger partial charge in [-0.25, -0.2) is 0 Å². The van der Waals surface area contributed by atoms with Crippen LogP contribution in [0.1, 0.15) is 13.3 Å². The molecule has 1 rings (SSSR count). The summed E-state index contributed by atoms with van der Waals surface area (Å²) in [4.78, 5) is 1.07. The second-order valence-electron chi connectivity index (χ2n) is 2.33. The highest BCUT2D eigenvalue weighted by Gasteiger charge is 2.03. The van der Waals surface area contributed by atoms with Gasteiger partial charge in [0.15, 0.2) is 0 Å². The van der Waals surface area contributed by atoms with Crippen LogP contribution in [0, 0.1) is 5.92 Å². The predicted molar refractivity (Wildman–Crippen MR) is 44.7 cm³/mol. The molecule has 0 amide bonds. The van der Waals surface area contributed by atoms with Crippen LogP contribution in [0.2, 0.25) is 0 Å². The maximum absolute atomic E-state index is 5.09. The molecule has 0 aromatic heterocycles. The molecule has 0 radical (unpaired) electrons. The summed E-state index contributed by atoms with van der Waals surface area (Å²) in [6.45, 7) is 2.16. The van der Waals surface area contributed by atoms with Crippen LogP contribution in [0.15, 0.2) is 24.3 Å². The molecule has 0 aromatic rings. The van der Waals surface area contributed by atoms with Crippen molar-refractivity contribution in [3.8, 4) is 0 Å². The maximum atomic E-state index is 5.09. The van der Waals surface area contributed by atoms with Gasteiger partial charge in [-0.3, -0.25) is 0 Å². The molecule has 0 saturated heterocycles. The molecule has 48 valence electrons. The van der Waals surface area contributed by atoms with E-state index in [-0.39, 0.29) is 0 Å². The average molecular weight is 138 g/mol. The molecule has 9 heavy (non-hydrogen) atoms. The fourth-order valence-corrected chi connectivity index (χ4v) is 0.967. The first kappa shape index (κ1) is 6.69. The van der Waals surface area contributed by atoms with Crippen LogP contribution in [0.4, 0.5) is 0 Å². The molecule has 0 aliphatic heterocycles. The van der Waals surface area contributed by atoms with Crippen LogP contribution in [-0.4, -0.2) is 4.86 Å². The molecule has 0 heterocycles. The number of hydrogen-bond acceptors (Lipinski definition) is 1. The molecule has 0 N–H and O–H groups in total. The third-order valence-electron chi connectivity index (χ3n) is 1.48. The van der Waals surface area contributed by atoms with E-state index in [0.717, 1.165) is 11.3 Å². The van der Waals surface area contributed by atoms with Crippen molar-refractivity contribution >= 4 is 17.1 Å². The zero-order chi connectivity index (χ0) is 6.69. The van der Waals surface area contributed by atoms with Crippen LogP contribution in [-0.2, 0) is 0 Å². The van der Waals surface area contributed by atoms with Crippen molar-refractivity contribution in [2.24, 2.45) is 5.92 Å². The Balaban J connectivity index is 2.69. The summed E-state index contributed by atoms with van der Waals surface area (Å²) in [5, 5.41) is 0. The molecule has 0 nitrogen and oxygen atoms in total. The molecular weight excluding hydrogens is 128 g/mol. The van der Waals surface area contributed by atoms with Crippen LogP contribution < -0.4 is 0 Å². The monoisotopic (exact) mass is 138 g/mol. The number of allylic oxidation sites excluding steroid dienone is 4. The minimum absolute atomic E-state index is 0.551. The van der Waals surface area contributed by atoms with Crippen molar-refractivity contribution in [1.82, 2.24) is 0 Å². The van der Waals surface area contributed by atoms with Gasteiger partial charge in [-0.05, 0) is 18.4 Å². The van der Waals surface area contributed by atoms with Gasteiger partial charge in [0.2, 0.25) is 0 Å². The predicted octanol–water partition coefficient (Wildman–Crippen LogP) is 2.51. The van der Waals surface area contributed by atoms with E-state index >= 15 is 0 Å². The molecule has 1 unspecified atom stereocenters. The molecule has 0 saturated carbocycles. The highest BCUT2D eigenvalue weighted by atomic mass is 32.1. The minimum Gasteiger partial charge on any atom is -0.0846 e. The van der Waals surface area contributed by atoms with Gasteiger partial charge in [0.05, 0.1) is 0 Å². The summed E-state index contributed by atoms with van der Waals surface area (Å²) in [6, 6.07) is 0. The van der Waals surface area contributed by atoms with Crippen molar-refractivity contribution in [1.29, 1.82) is 0 Å². The molecule has 0 fully saturated rings. The lowest BCUT2D eigenvalue weighted by Crippen LogP contribution is -2.02. The van der Waals surface area contributed by atoms with E-state index in [9.17, 15) is 0 Å². The summed E-state index contributed by atoms with van der Waals surface area (Å²) < 4.78 is 0. The molecular formula is C8H10S. The third kappa shape index (κ3) is 1.75. The Hall–Kier alpha value is -0.430. The number of rotatable bonds is 0. The fourth-order valence-electron chi connectivity index (χ4n) is 0.792. The Labute approximate surface area is 61.3 Å². The van der Waals surface area contributed by atoms with Gasteiger partial charge in [-0.2, -0.15) is 0 Å². The van der Waals surface area contributed by atoms with Crippen molar-refractivity contribution < 1.29 is 0 Å². The standard InChI is InChI=1S/C8H10S/c1-7-5-3-2-4-6-8(7)9/h2-4,6-7H,5H2,1H3. The van der Waals surface area contributed by atoms with E-state index in [1.54, 1.807) is 0 Å². The van der Waals surface area contributed by atoms with Crippen LogP contribution in [0.3, 0.4) is 0 Å². The fraction of sp³-hybridized carbons (Fsp3) is 0.375. The number of hydrogen-bond donors (Lipinski definition) is 0. The lowest BCUT2D eigenvalue weighted by Gasteiger charge is -2.02. The first-order valence-electron chi connectivity index (χ1n) is 3.18. The first-order chi connectivity index (χ1) is 4.30. The average Bonchev–Trinajstić information content (AvgIpc) is 1.99. The highest BCUT2D eigenvalue weighted by Crippen LogP contribution is 2.10. The van der Waals surface area contributed by atoms with Gasteiger partial charge in [-0.1, -0.05) is 37.4 Å². The van der Waals surface area contributed by atoms with E-state index in [2.05, 4.69) is 19.1 Å². The zero-order valence-corrected chi connectivity index (χ0v) is 6.32. The van der Waals surface area contributed by atoms with Crippen molar-refractivity contribution in [2.45, 2.75) is 13.3 Å². The first-order valence-corrected chi connectivity index (χ1v) is 3.58. The third-order valence-corrected chi connectivity index (χ3v) is 2.02. The second kappa shape index (κ2) is 2.92. The minimum atomic E-state index is 0.551. The lowest BCUT2D eigenvalue weighted by atomic mass is 10.1. The Morgan fingerprint density at radius 3 is 3.11 bits per heavy atom. The lowest BCUT2D eigenvalue weighted by molar-refractivity contribution is 0.808. The summed E-state index contributed by atoms with van der Waals surface area (Å²) in [5.41, 5.74) is 0. The van der Waals surface area contributed by atoms with Gasteiger partial charge in [-0.15, -0.1) is 0 Å². The summed E-state index contributed by atoms with van der Waals surface area (Å²) in [5.74, 6) is 0.551. The van der Waals surface area contributed by atoms with E-state index in [1.807, 2.05) is 12.2 Å². The maximum Gasteiger partial charge on any atom is 0.0183 e. The molecule has 1 aliphatic rings. The highest BCUT2D eigenvalue weighted by molar-refractivity contribution is 7.80. The van der Waals surface area contributed by atoms with E-state index in [4.69, 9.17) is 12.2 Å². The smallest absolute Gasteiger partial charge is 0.0183 e. The van der Waals surface area contributed by atoms with Gasteiger partial charge in [0.1, 0.15) is 0 Å². The Kier molecular flexibility index (Phi) is 2.17. The van der Waals surface area contributed by atoms with Crippen LogP contribution >= 0.6 is 12.2 Å². The molecule has 0 bridgehead atoms. The Morgan fingerprint density at radius 1 is 1.56 bits per heavy atom. The molecule has 0 aromatic carbocycles. The van der Waals surface area contributed by atoms with Crippen LogP contribution in [0.25, 0.3) is 0 Å². The van der Waals surface area contributed by atoms with Gasteiger partial charge >= 0.3 is 0 Å². The normalized spacial score (nSPS) is 26.3. The Morgan fingerprint density at radius 2 is 2.33 bits per heavy atom. The molecule has 1 aliphatic carbocycles. The van der Waals surface area contributed by atoms with Crippen molar-refractivity contribution in [3.05, 3.63) is 24.3 Å². The Bertz CT molecular complexity index is 165. The van der Waals surface area contributed by atoms with Gasteiger partial charge < -0.3 is 0 Å². The van der Waals surface area contributed by atoms with Crippen LogP contribution in [0.5, 0.6) is 0 Å².